The van der Waals surface area contributed by atoms with Crippen molar-refractivity contribution >= 4 is 24.2 Å². The van der Waals surface area contributed by atoms with Gasteiger partial charge in [0.1, 0.15) is 0 Å². The van der Waals surface area contributed by atoms with E-state index in [4.69, 9.17) is 11.6 Å². The minimum atomic E-state index is 0.753. The zero-order chi connectivity index (χ0) is 9.98. The van der Waals surface area contributed by atoms with E-state index in [0.29, 0.717) is 0 Å². The lowest BCUT2D eigenvalue weighted by Crippen LogP contribution is -1.61. The first-order chi connectivity index (χ1) is 5.79. The van der Waals surface area contributed by atoms with Crippen LogP contribution in [0.4, 0.5) is 0 Å². The molecule has 0 aliphatic rings. The Bertz CT molecular complexity index is 149. The summed E-state index contributed by atoms with van der Waals surface area (Å²) in [6.07, 6.45) is 0. The van der Waals surface area contributed by atoms with E-state index in [0.717, 1.165) is 9.92 Å². The van der Waals surface area contributed by atoms with E-state index in [9.17, 15) is 0 Å². The molecule has 0 saturated carbocycles. The molecule has 0 fully saturated rings. The number of halogens is 1. The van der Waals surface area contributed by atoms with Crippen molar-refractivity contribution in [3.63, 3.8) is 0 Å². The van der Waals surface area contributed by atoms with Crippen LogP contribution in [0, 0.1) is 0 Å². The molecule has 0 aliphatic heterocycles. The highest BCUT2D eigenvalue weighted by Crippen LogP contribution is 2.11. The normalized spacial score (nSPS) is 7.17. The van der Waals surface area contributed by atoms with Crippen molar-refractivity contribution in [2.24, 2.45) is 0 Å². The topological polar surface area (TPSA) is 0 Å². The Balaban J connectivity index is 0. The van der Waals surface area contributed by atoms with Gasteiger partial charge in [-0.05, 0) is 24.3 Å². The molecule has 0 radical (unpaired) electrons. The van der Waals surface area contributed by atoms with Crippen LogP contribution in [-0.4, -0.2) is 0 Å². The van der Waals surface area contributed by atoms with E-state index < -0.39 is 0 Å². The van der Waals surface area contributed by atoms with Crippen LogP contribution in [0.15, 0.2) is 29.2 Å². The van der Waals surface area contributed by atoms with Gasteiger partial charge in [0.15, 0.2) is 0 Å². The van der Waals surface area contributed by atoms with Crippen molar-refractivity contribution in [1.29, 1.82) is 0 Å². The molecule has 0 heterocycles. The number of hydrogen-bond acceptors (Lipinski definition) is 1. The molecule has 0 spiro atoms. The highest BCUT2D eigenvalue weighted by Gasteiger charge is 1.82. The molecule has 0 aromatic heterocycles. The van der Waals surface area contributed by atoms with E-state index in [2.05, 4.69) is 12.6 Å². The first kappa shape index (κ1) is 14.4. The number of benzene rings is 1. The molecule has 0 N–H and O–H groups in total. The Hall–Kier alpha value is -0.140. The molecular formula is C10H17ClS. The molecule has 0 bridgehead atoms. The second-order valence-electron chi connectivity index (χ2n) is 1.48. The minimum Gasteiger partial charge on any atom is -0.143 e. The van der Waals surface area contributed by atoms with Gasteiger partial charge in [0, 0.05) is 9.92 Å². The number of rotatable bonds is 0. The Kier molecular flexibility index (Phi) is 13.0. The Labute approximate surface area is 86.4 Å². The van der Waals surface area contributed by atoms with Crippen LogP contribution in [0.2, 0.25) is 5.02 Å². The molecular weight excluding hydrogens is 188 g/mol. The molecule has 70 valence electrons. The molecule has 1 aromatic carbocycles. The Morgan fingerprint density at radius 3 is 1.50 bits per heavy atom. The van der Waals surface area contributed by atoms with Gasteiger partial charge in [-0.1, -0.05) is 39.3 Å². The van der Waals surface area contributed by atoms with Crippen LogP contribution in [0.5, 0.6) is 0 Å². The van der Waals surface area contributed by atoms with E-state index in [1.165, 1.54) is 0 Å². The van der Waals surface area contributed by atoms with Crippen LogP contribution >= 0.6 is 24.2 Å². The predicted octanol–water partition coefficient (Wildman–Crippen LogP) is 4.68. The molecule has 0 unspecified atom stereocenters. The van der Waals surface area contributed by atoms with Gasteiger partial charge < -0.3 is 0 Å². The van der Waals surface area contributed by atoms with E-state index in [-0.39, 0.29) is 0 Å². The summed E-state index contributed by atoms with van der Waals surface area (Å²) >= 11 is 9.65. The monoisotopic (exact) mass is 204 g/mol. The van der Waals surface area contributed by atoms with Crippen molar-refractivity contribution in [3.05, 3.63) is 29.3 Å². The zero-order valence-electron chi connectivity index (χ0n) is 8.13. The quantitative estimate of drug-likeness (QED) is 0.583. The lowest BCUT2D eigenvalue weighted by Gasteiger charge is -1.87. The van der Waals surface area contributed by atoms with Gasteiger partial charge in [-0.15, -0.1) is 12.6 Å². The molecule has 1 rings (SSSR count). The Morgan fingerprint density at radius 1 is 0.917 bits per heavy atom. The fourth-order valence-corrected chi connectivity index (χ4v) is 0.716. The average molecular weight is 205 g/mol. The third-order valence-corrected chi connectivity index (χ3v) is 1.38. The second kappa shape index (κ2) is 10.9. The largest absolute Gasteiger partial charge is 0.143 e. The van der Waals surface area contributed by atoms with Crippen molar-refractivity contribution in [2.45, 2.75) is 32.6 Å². The van der Waals surface area contributed by atoms with E-state index in [1.807, 2.05) is 52.0 Å². The minimum absolute atomic E-state index is 0.753. The predicted molar refractivity (Wildman–Crippen MR) is 61.4 cm³/mol. The number of thiol groups is 1. The maximum atomic E-state index is 5.58. The van der Waals surface area contributed by atoms with Gasteiger partial charge in [0.25, 0.3) is 0 Å². The second-order valence-corrected chi connectivity index (χ2v) is 2.43. The molecule has 0 nitrogen and oxygen atoms in total. The first-order valence-corrected chi connectivity index (χ1v) is 5.06. The van der Waals surface area contributed by atoms with Crippen LogP contribution in [0.3, 0.4) is 0 Å². The molecule has 1 aromatic rings. The van der Waals surface area contributed by atoms with E-state index in [1.54, 1.807) is 0 Å². The van der Waals surface area contributed by atoms with Crippen LogP contribution in [0.1, 0.15) is 27.7 Å². The lowest BCUT2D eigenvalue weighted by molar-refractivity contribution is 1.48. The summed E-state index contributed by atoms with van der Waals surface area (Å²) in [5, 5.41) is 0.753. The summed E-state index contributed by atoms with van der Waals surface area (Å²) < 4.78 is 0. The third kappa shape index (κ3) is 7.96. The van der Waals surface area contributed by atoms with Gasteiger partial charge in [-0.3, -0.25) is 0 Å². The molecule has 0 aliphatic carbocycles. The summed E-state index contributed by atoms with van der Waals surface area (Å²) in [5.41, 5.74) is 0. The fraction of sp³-hybridized carbons (Fsp3) is 0.400. The van der Waals surface area contributed by atoms with Crippen molar-refractivity contribution < 1.29 is 0 Å². The SMILES string of the molecule is CC.CC.Sc1ccc(Cl)cc1. The van der Waals surface area contributed by atoms with Crippen LogP contribution in [0.25, 0.3) is 0 Å². The zero-order valence-corrected chi connectivity index (χ0v) is 9.78. The summed E-state index contributed by atoms with van der Waals surface area (Å²) in [5.74, 6) is 0. The third-order valence-electron chi connectivity index (χ3n) is 0.827. The summed E-state index contributed by atoms with van der Waals surface area (Å²) in [6.45, 7) is 8.00. The summed E-state index contributed by atoms with van der Waals surface area (Å²) in [6, 6.07) is 7.32. The summed E-state index contributed by atoms with van der Waals surface area (Å²) in [4.78, 5) is 0.939. The Morgan fingerprint density at radius 2 is 1.25 bits per heavy atom. The van der Waals surface area contributed by atoms with Gasteiger partial charge in [-0.2, -0.15) is 0 Å². The van der Waals surface area contributed by atoms with Crippen LogP contribution in [-0.2, 0) is 0 Å². The van der Waals surface area contributed by atoms with Gasteiger partial charge >= 0.3 is 0 Å². The lowest BCUT2D eigenvalue weighted by atomic mass is 10.4. The highest BCUT2D eigenvalue weighted by molar-refractivity contribution is 7.80. The average Bonchev–Trinajstić information content (AvgIpc) is 2.17. The van der Waals surface area contributed by atoms with Crippen molar-refractivity contribution in [3.8, 4) is 0 Å². The smallest absolute Gasteiger partial charge is 0.0406 e. The van der Waals surface area contributed by atoms with Gasteiger partial charge in [0.05, 0.1) is 0 Å². The molecule has 0 saturated heterocycles. The van der Waals surface area contributed by atoms with Crippen molar-refractivity contribution in [2.75, 3.05) is 0 Å². The molecule has 12 heavy (non-hydrogen) atoms. The summed E-state index contributed by atoms with van der Waals surface area (Å²) in [7, 11) is 0. The maximum Gasteiger partial charge on any atom is 0.0406 e. The molecule has 2 heteroatoms. The molecule has 0 amide bonds. The standard InChI is InChI=1S/C6H5ClS.2C2H6/c7-5-1-3-6(8)4-2-5;2*1-2/h1-4,8H;2*1-2H3. The van der Waals surface area contributed by atoms with Gasteiger partial charge in [-0.25, -0.2) is 0 Å². The van der Waals surface area contributed by atoms with Crippen LogP contribution < -0.4 is 0 Å². The van der Waals surface area contributed by atoms with E-state index >= 15 is 0 Å². The number of hydrogen-bond donors (Lipinski definition) is 1. The first-order valence-electron chi connectivity index (χ1n) is 4.23. The molecule has 0 atom stereocenters. The van der Waals surface area contributed by atoms with Crippen molar-refractivity contribution in [1.82, 2.24) is 0 Å². The maximum absolute atomic E-state index is 5.58. The van der Waals surface area contributed by atoms with Gasteiger partial charge in [0.2, 0.25) is 0 Å². The fourth-order valence-electron chi connectivity index (χ4n) is 0.441. The highest BCUT2D eigenvalue weighted by atomic mass is 35.5.